The van der Waals surface area contributed by atoms with Crippen molar-refractivity contribution in [1.82, 2.24) is 9.78 Å². The number of halogens is 1. The van der Waals surface area contributed by atoms with E-state index >= 15 is 0 Å². The molecule has 0 bridgehead atoms. The number of rotatable bonds is 6. The highest BCUT2D eigenvalue weighted by Crippen LogP contribution is 2.29. The summed E-state index contributed by atoms with van der Waals surface area (Å²) in [6.45, 7) is 2.20. The number of aromatic nitrogens is 2. The first-order chi connectivity index (χ1) is 16.8. The van der Waals surface area contributed by atoms with Crippen molar-refractivity contribution in [3.8, 4) is 11.8 Å². The number of nitriles is 1. The molecule has 0 unspecified atom stereocenters. The van der Waals surface area contributed by atoms with Gasteiger partial charge in [0.15, 0.2) is 0 Å². The number of carboxylic acid groups (broad SMARTS) is 1. The van der Waals surface area contributed by atoms with Crippen LogP contribution in [0.2, 0.25) is 0 Å². The predicted molar refractivity (Wildman–Crippen MR) is 130 cm³/mol. The minimum atomic E-state index is -1.21. The lowest BCUT2D eigenvalue weighted by molar-refractivity contribution is -0.135. The largest absolute Gasteiger partial charge is 0.480 e. The van der Waals surface area contributed by atoms with Gasteiger partial charge in [-0.2, -0.15) is 10.4 Å². The first-order valence-electron chi connectivity index (χ1n) is 11.1. The minimum absolute atomic E-state index is 0. The van der Waals surface area contributed by atoms with E-state index in [1.807, 2.05) is 4.90 Å². The van der Waals surface area contributed by atoms with E-state index < -0.39 is 24.2 Å². The number of aliphatic hydroxyl groups excluding tert-OH is 1. The third-order valence-corrected chi connectivity index (χ3v) is 5.98. The Balaban J connectivity index is 0.00000361. The molecule has 1 aliphatic rings. The van der Waals surface area contributed by atoms with Gasteiger partial charge < -0.3 is 20.6 Å². The van der Waals surface area contributed by atoms with Crippen LogP contribution in [-0.2, 0) is 4.79 Å². The molecule has 0 aliphatic carbocycles. The number of hydrogen-bond donors (Lipinski definition) is 2. The van der Waals surface area contributed by atoms with Crippen LogP contribution in [0.1, 0.15) is 34.5 Å². The van der Waals surface area contributed by atoms with E-state index in [-0.39, 0.29) is 22.8 Å². The summed E-state index contributed by atoms with van der Waals surface area (Å²) in [6.07, 6.45) is 2.29. The molecule has 4 N–H and O–H groups in total. The maximum Gasteiger partial charge on any atom is 0.323 e. The summed E-state index contributed by atoms with van der Waals surface area (Å²) in [5, 5.41) is 33.3. The fraction of sp³-hybridized carbons (Fsp3) is 0.280. The van der Waals surface area contributed by atoms with Gasteiger partial charge in [-0.1, -0.05) is 0 Å². The zero-order valence-corrected chi connectivity index (χ0v) is 19.6. The highest BCUT2D eigenvalue weighted by atomic mass is 19.1. The second-order valence-corrected chi connectivity index (χ2v) is 8.37. The van der Waals surface area contributed by atoms with Crippen LogP contribution in [0.3, 0.4) is 0 Å². The number of hydrogen-bond acceptors (Lipinski definition) is 6. The summed E-state index contributed by atoms with van der Waals surface area (Å²) in [4.78, 5) is 28.2. The molecule has 1 fully saturated rings. The van der Waals surface area contributed by atoms with Crippen LogP contribution in [0, 0.1) is 24.1 Å². The van der Waals surface area contributed by atoms with Crippen molar-refractivity contribution >= 4 is 23.3 Å². The Hall–Kier alpha value is -4.27. The molecule has 1 aliphatic heterocycles. The summed E-state index contributed by atoms with van der Waals surface area (Å²) < 4.78 is 14.7. The maximum atomic E-state index is 13.5. The first-order valence-corrected chi connectivity index (χ1v) is 11.1. The number of aryl methyl sites for hydroxylation is 1. The van der Waals surface area contributed by atoms with Crippen molar-refractivity contribution in [2.75, 3.05) is 29.4 Å². The molecule has 11 heteroatoms. The molecular weight excluding hydrogens is 469 g/mol. The number of anilines is 2. The fourth-order valence-corrected chi connectivity index (χ4v) is 4.12. The Morgan fingerprint density at radius 1 is 1.19 bits per heavy atom. The Kier molecular flexibility index (Phi) is 8.03. The molecule has 188 valence electrons. The molecule has 1 amide bonds. The lowest BCUT2D eigenvalue weighted by Gasteiger charge is -2.32. The molecule has 1 aromatic heterocycles. The topological polar surface area (TPSA) is 154 Å². The quantitative estimate of drug-likeness (QED) is 0.530. The minimum Gasteiger partial charge on any atom is -0.480 e. The lowest BCUT2D eigenvalue weighted by atomic mass is 10.0. The van der Waals surface area contributed by atoms with Crippen molar-refractivity contribution in [2.24, 2.45) is 0 Å². The van der Waals surface area contributed by atoms with Crippen molar-refractivity contribution in [3.05, 3.63) is 71.3 Å². The smallest absolute Gasteiger partial charge is 0.323 e. The molecule has 0 radical (unpaired) electrons. The average molecular weight is 496 g/mol. The van der Waals surface area contributed by atoms with E-state index in [0.717, 1.165) is 4.90 Å². The Bertz CT molecular complexity index is 1290. The van der Waals surface area contributed by atoms with E-state index in [2.05, 4.69) is 11.2 Å². The number of piperidine rings is 1. The van der Waals surface area contributed by atoms with Crippen LogP contribution in [0.5, 0.6) is 0 Å². The van der Waals surface area contributed by atoms with Crippen molar-refractivity contribution in [1.29, 1.82) is 5.26 Å². The molecule has 0 saturated carbocycles. The number of nitrogens with zero attached hydrogens (tertiary/aromatic N) is 5. The molecule has 3 aromatic rings. The highest BCUT2D eigenvalue weighted by molar-refractivity contribution is 6.09. The van der Waals surface area contributed by atoms with E-state index in [1.54, 1.807) is 19.1 Å². The average Bonchev–Trinajstić information content (AvgIpc) is 3.24. The van der Waals surface area contributed by atoms with Gasteiger partial charge in [-0.3, -0.25) is 14.5 Å². The number of benzene rings is 2. The van der Waals surface area contributed by atoms with Gasteiger partial charge in [0.1, 0.15) is 18.4 Å². The van der Waals surface area contributed by atoms with Crippen LogP contribution < -0.4 is 9.80 Å². The normalized spacial score (nSPS) is 13.6. The SMILES string of the molecule is Cc1nn(-c2ccc(F)cc2)cc1C(=O)N(CC(=O)O)c1ccc(N2CCC(O)CC2)c(C#N)c1.O. The molecule has 2 heterocycles. The highest BCUT2D eigenvalue weighted by Gasteiger charge is 2.26. The molecule has 1 saturated heterocycles. The third kappa shape index (κ3) is 5.51. The molecule has 10 nitrogen and oxygen atoms in total. The zero-order valence-electron chi connectivity index (χ0n) is 19.6. The Morgan fingerprint density at radius 2 is 1.86 bits per heavy atom. The van der Waals surface area contributed by atoms with Gasteiger partial charge in [-0.25, -0.2) is 9.07 Å². The predicted octanol–water partition coefficient (Wildman–Crippen LogP) is 2.06. The van der Waals surface area contributed by atoms with E-state index in [4.69, 9.17) is 0 Å². The van der Waals surface area contributed by atoms with E-state index in [9.17, 15) is 29.5 Å². The molecule has 0 spiro atoms. The summed E-state index contributed by atoms with van der Waals surface area (Å²) in [5.41, 5.74) is 2.35. The van der Waals surface area contributed by atoms with Crippen LogP contribution in [-0.4, -0.2) is 63.1 Å². The standard InChI is InChI=1S/C25H24FN5O4.H2O/c1-16-22(14-31(28-16)19-4-2-18(26)3-5-19)25(35)30(15-24(33)34)20-6-7-23(17(12-20)13-27)29-10-8-21(32)9-11-29;/h2-7,12,14,21,32H,8-11,15H2,1H3,(H,33,34);1H2. The second-order valence-electron chi connectivity index (χ2n) is 8.37. The molecular formula is C25H26FN5O5. The second kappa shape index (κ2) is 11.0. The van der Waals surface area contributed by atoms with Gasteiger partial charge in [0.05, 0.1) is 34.3 Å². The van der Waals surface area contributed by atoms with Crippen LogP contribution >= 0.6 is 0 Å². The lowest BCUT2D eigenvalue weighted by Crippen LogP contribution is -2.37. The van der Waals surface area contributed by atoms with Gasteiger partial charge in [-0.15, -0.1) is 0 Å². The van der Waals surface area contributed by atoms with E-state index in [0.29, 0.717) is 48.6 Å². The number of amides is 1. The number of carbonyl (C=O) groups excluding carboxylic acids is 1. The molecule has 0 atom stereocenters. The summed E-state index contributed by atoms with van der Waals surface area (Å²) in [6, 6.07) is 12.5. The Morgan fingerprint density at radius 3 is 2.47 bits per heavy atom. The monoisotopic (exact) mass is 495 g/mol. The maximum absolute atomic E-state index is 13.5. The fourth-order valence-electron chi connectivity index (χ4n) is 4.12. The van der Waals surface area contributed by atoms with Gasteiger partial charge in [0.2, 0.25) is 0 Å². The Labute approximate surface area is 206 Å². The third-order valence-electron chi connectivity index (χ3n) is 5.98. The molecule has 4 rings (SSSR count). The summed E-state index contributed by atoms with van der Waals surface area (Å²) in [7, 11) is 0. The van der Waals surface area contributed by atoms with Crippen LogP contribution in [0.15, 0.2) is 48.7 Å². The molecule has 2 aromatic carbocycles. The number of carbonyl (C=O) groups is 2. The van der Waals surface area contributed by atoms with Crippen molar-refractivity contribution in [2.45, 2.75) is 25.9 Å². The number of aliphatic carboxylic acids is 1. The van der Waals surface area contributed by atoms with E-state index in [1.165, 1.54) is 41.2 Å². The van der Waals surface area contributed by atoms with Gasteiger partial charge >= 0.3 is 5.97 Å². The summed E-state index contributed by atoms with van der Waals surface area (Å²) in [5.74, 6) is -2.20. The summed E-state index contributed by atoms with van der Waals surface area (Å²) >= 11 is 0. The van der Waals surface area contributed by atoms with Gasteiger partial charge in [0.25, 0.3) is 5.91 Å². The van der Waals surface area contributed by atoms with Crippen molar-refractivity contribution < 1.29 is 29.7 Å². The van der Waals surface area contributed by atoms with Gasteiger partial charge in [0, 0.05) is 25.0 Å². The zero-order chi connectivity index (χ0) is 25.1. The number of aliphatic hydroxyl groups is 1. The number of carboxylic acids is 1. The first kappa shape index (κ1) is 26.3. The van der Waals surface area contributed by atoms with Crippen LogP contribution in [0.4, 0.5) is 15.8 Å². The molecule has 36 heavy (non-hydrogen) atoms. The van der Waals surface area contributed by atoms with Gasteiger partial charge in [-0.05, 0) is 62.2 Å². The van der Waals surface area contributed by atoms with Crippen molar-refractivity contribution in [3.63, 3.8) is 0 Å². The van der Waals surface area contributed by atoms with Crippen LogP contribution in [0.25, 0.3) is 5.69 Å².